The lowest BCUT2D eigenvalue weighted by molar-refractivity contribution is -0.116. The molecule has 0 fully saturated rings. The summed E-state index contributed by atoms with van der Waals surface area (Å²) in [5.41, 5.74) is 0. The van der Waals surface area contributed by atoms with Crippen molar-refractivity contribution in [2.45, 2.75) is 6.42 Å². The van der Waals surface area contributed by atoms with Crippen molar-refractivity contribution in [2.75, 3.05) is 13.1 Å². The highest BCUT2D eigenvalue weighted by atomic mass is 35.5. The summed E-state index contributed by atoms with van der Waals surface area (Å²) in [6.45, 7) is 4.63. The average Bonchev–Trinajstić information content (AvgIpc) is 1.98. The summed E-state index contributed by atoms with van der Waals surface area (Å²) in [6, 6.07) is 0. The molecule has 3 nitrogen and oxygen atoms in total. The number of carbonyl (C=O) groups is 1. The van der Waals surface area contributed by atoms with Crippen molar-refractivity contribution >= 4 is 17.7 Å². The van der Waals surface area contributed by atoms with Crippen LogP contribution in [0.4, 0.5) is 0 Å². The SMILES string of the molecule is C=CC(=O)NCCCNCl. The maximum atomic E-state index is 10.5. The van der Waals surface area contributed by atoms with E-state index in [9.17, 15) is 4.79 Å². The van der Waals surface area contributed by atoms with Crippen LogP contribution in [0.25, 0.3) is 0 Å². The number of hydrogen-bond acceptors (Lipinski definition) is 2. The van der Waals surface area contributed by atoms with Crippen LogP contribution in [-0.2, 0) is 4.79 Å². The molecule has 2 N–H and O–H groups in total. The Balaban J connectivity index is 3.03. The molecule has 0 aromatic carbocycles. The molecule has 0 saturated carbocycles. The van der Waals surface area contributed by atoms with E-state index in [1.165, 1.54) is 6.08 Å². The molecule has 0 aliphatic carbocycles. The first-order valence-electron chi connectivity index (χ1n) is 3.05. The van der Waals surface area contributed by atoms with E-state index in [0.717, 1.165) is 6.42 Å². The van der Waals surface area contributed by atoms with Crippen LogP contribution in [0.1, 0.15) is 6.42 Å². The van der Waals surface area contributed by atoms with E-state index in [4.69, 9.17) is 11.8 Å². The molecular formula is C6H11ClN2O. The summed E-state index contributed by atoms with van der Waals surface area (Å²) >= 11 is 5.17. The fraction of sp³-hybridized carbons (Fsp3) is 0.500. The molecule has 0 atom stereocenters. The lowest BCUT2D eigenvalue weighted by Crippen LogP contribution is -2.23. The van der Waals surface area contributed by atoms with Crippen LogP contribution in [0.15, 0.2) is 12.7 Å². The van der Waals surface area contributed by atoms with E-state index >= 15 is 0 Å². The summed E-state index contributed by atoms with van der Waals surface area (Å²) in [5.74, 6) is -0.144. The fourth-order valence-electron chi connectivity index (χ4n) is 0.439. The van der Waals surface area contributed by atoms with Crippen LogP contribution < -0.4 is 10.2 Å². The zero-order chi connectivity index (χ0) is 7.82. The van der Waals surface area contributed by atoms with Gasteiger partial charge in [0.2, 0.25) is 5.91 Å². The van der Waals surface area contributed by atoms with Crippen LogP contribution in [0.2, 0.25) is 0 Å². The molecule has 0 aliphatic rings. The maximum Gasteiger partial charge on any atom is 0.243 e. The van der Waals surface area contributed by atoms with Crippen molar-refractivity contribution in [1.82, 2.24) is 10.2 Å². The second-order valence-electron chi connectivity index (χ2n) is 1.73. The van der Waals surface area contributed by atoms with Crippen molar-refractivity contribution in [3.63, 3.8) is 0 Å². The number of carbonyl (C=O) groups excluding carboxylic acids is 1. The Morgan fingerprint density at radius 1 is 1.60 bits per heavy atom. The van der Waals surface area contributed by atoms with Gasteiger partial charge in [0.25, 0.3) is 0 Å². The van der Waals surface area contributed by atoms with E-state index in [2.05, 4.69) is 16.7 Å². The van der Waals surface area contributed by atoms with Crippen LogP contribution in [-0.4, -0.2) is 19.0 Å². The Kier molecular flexibility index (Phi) is 6.22. The zero-order valence-electron chi connectivity index (χ0n) is 5.69. The van der Waals surface area contributed by atoms with Crippen LogP contribution in [0.3, 0.4) is 0 Å². The molecule has 10 heavy (non-hydrogen) atoms. The topological polar surface area (TPSA) is 41.1 Å². The highest BCUT2D eigenvalue weighted by Crippen LogP contribution is 1.74. The molecule has 0 spiro atoms. The van der Waals surface area contributed by atoms with E-state index < -0.39 is 0 Å². The Morgan fingerprint density at radius 3 is 2.80 bits per heavy atom. The van der Waals surface area contributed by atoms with Crippen LogP contribution in [0.5, 0.6) is 0 Å². The molecule has 0 radical (unpaired) electrons. The summed E-state index contributed by atoms with van der Waals surface area (Å²) in [6.07, 6.45) is 2.07. The van der Waals surface area contributed by atoms with E-state index in [1.807, 2.05) is 0 Å². The number of halogens is 1. The minimum absolute atomic E-state index is 0.144. The molecule has 58 valence electrons. The van der Waals surface area contributed by atoms with Crippen molar-refractivity contribution in [3.8, 4) is 0 Å². The second-order valence-corrected chi connectivity index (χ2v) is 2.00. The van der Waals surface area contributed by atoms with Gasteiger partial charge < -0.3 is 5.32 Å². The van der Waals surface area contributed by atoms with Crippen molar-refractivity contribution in [3.05, 3.63) is 12.7 Å². The normalized spacial score (nSPS) is 8.90. The highest BCUT2D eigenvalue weighted by Gasteiger charge is 1.90. The predicted octanol–water partition coefficient (Wildman–Crippen LogP) is 0.422. The van der Waals surface area contributed by atoms with Gasteiger partial charge in [-0.05, 0) is 24.3 Å². The number of amides is 1. The Bertz CT molecular complexity index is 116. The fourth-order valence-corrected chi connectivity index (χ4v) is 0.573. The molecule has 4 heteroatoms. The van der Waals surface area contributed by atoms with Gasteiger partial charge in [0.1, 0.15) is 0 Å². The van der Waals surface area contributed by atoms with Gasteiger partial charge in [0.15, 0.2) is 0 Å². The molecule has 0 aliphatic heterocycles. The van der Waals surface area contributed by atoms with Crippen LogP contribution in [0, 0.1) is 0 Å². The zero-order valence-corrected chi connectivity index (χ0v) is 6.45. The summed E-state index contributed by atoms with van der Waals surface area (Å²) in [4.78, 5) is 12.9. The molecule has 0 saturated heterocycles. The molecule has 1 amide bonds. The third-order valence-electron chi connectivity index (χ3n) is 0.933. The lowest BCUT2D eigenvalue weighted by Gasteiger charge is -1.98. The number of rotatable bonds is 5. The molecule has 0 unspecified atom stereocenters. The van der Waals surface area contributed by atoms with E-state index in [1.54, 1.807) is 0 Å². The minimum atomic E-state index is -0.144. The minimum Gasteiger partial charge on any atom is -0.353 e. The molecule has 0 aromatic heterocycles. The standard InChI is InChI=1S/C6H11ClN2O/c1-2-6(10)8-4-3-5-9-7/h2,9H,1,3-5H2,(H,8,10). The molecule has 0 bridgehead atoms. The molecule has 0 heterocycles. The third kappa shape index (κ3) is 5.59. The first kappa shape index (κ1) is 9.46. The van der Waals surface area contributed by atoms with E-state index in [0.29, 0.717) is 13.1 Å². The van der Waals surface area contributed by atoms with Gasteiger partial charge in [-0.25, -0.2) is 4.84 Å². The molecule has 0 aromatic rings. The number of hydrogen-bond donors (Lipinski definition) is 2. The molecular weight excluding hydrogens is 152 g/mol. The first-order chi connectivity index (χ1) is 4.81. The van der Waals surface area contributed by atoms with Gasteiger partial charge in [-0.1, -0.05) is 6.58 Å². The monoisotopic (exact) mass is 162 g/mol. The highest BCUT2D eigenvalue weighted by molar-refractivity contribution is 6.13. The second kappa shape index (κ2) is 6.58. The lowest BCUT2D eigenvalue weighted by atomic mass is 10.4. The van der Waals surface area contributed by atoms with Gasteiger partial charge in [0, 0.05) is 13.1 Å². The van der Waals surface area contributed by atoms with Gasteiger partial charge >= 0.3 is 0 Å². The largest absolute Gasteiger partial charge is 0.353 e. The van der Waals surface area contributed by atoms with Crippen molar-refractivity contribution in [2.24, 2.45) is 0 Å². The Hall–Kier alpha value is -0.540. The third-order valence-corrected chi connectivity index (χ3v) is 1.12. The maximum absolute atomic E-state index is 10.5. The quantitative estimate of drug-likeness (QED) is 0.350. The summed E-state index contributed by atoms with van der Waals surface area (Å²) in [5, 5.41) is 2.61. The number of nitrogens with one attached hydrogen (secondary N) is 2. The smallest absolute Gasteiger partial charge is 0.243 e. The Morgan fingerprint density at radius 2 is 2.30 bits per heavy atom. The summed E-state index contributed by atoms with van der Waals surface area (Å²) < 4.78 is 0. The van der Waals surface area contributed by atoms with Crippen LogP contribution >= 0.6 is 11.8 Å². The van der Waals surface area contributed by atoms with Gasteiger partial charge in [-0.15, -0.1) is 0 Å². The first-order valence-corrected chi connectivity index (χ1v) is 3.43. The van der Waals surface area contributed by atoms with Crippen molar-refractivity contribution < 1.29 is 4.79 Å². The average molecular weight is 163 g/mol. The van der Waals surface area contributed by atoms with E-state index in [-0.39, 0.29) is 5.91 Å². The van der Waals surface area contributed by atoms with Crippen molar-refractivity contribution in [1.29, 1.82) is 0 Å². The predicted molar refractivity (Wildman–Crippen MR) is 41.7 cm³/mol. The summed E-state index contributed by atoms with van der Waals surface area (Å²) in [7, 11) is 0. The Labute approximate surface area is 65.6 Å². The molecule has 0 rings (SSSR count). The van der Waals surface area contributed by atoms with Gasteiger partial charge in [-0.2, -0.15) is 0 Å². The van der Waals surface area contributed by atoms with Gasteiger partial charge in [0.05, 0.1) is 0 Å². The van der Waals surface area contributed by atoms with Gasteiger partial charge in [-0.3, -0.25) is 4.79 Å².